The molecule has 426 valence electrons. The van der Waals surface area contributed by atoms with Gasteiger partial charge in [-0.3, -0.25) is 9.59 Å². The van der Waals surface area contributed by atoms with Crippen molar-refractivity contribution >= 4 is 11.9 Å². The fourth-order valence-electron chi connectivity index (χ4n) is 10.2. The minimum absolute atomic E-state index is 0.00319. The number of hydrogen-bond acceptors (Lipinski definition) is 5. The molecule has 2 unspecified atom stereocenters. The van der Waals surface area contributed by atoms with Crippen LogP contribution in [0.5, 0.6) is 0 Å². The number of esters is 1. The Bertz CT molecular complexity index is 1120. The highest BCUT2D eigenvalue weighted by molar-refractivity contribution is 5.76. The van der Waals surface area contributed by atoms with Crippen LogP contribution in [0, 0.1) is 0 Å². The van der Waals surface area contributed by atoms with Crippen LogP contribution in [0.4, 0.5) is 0 Å². The van der Waals surface area contributed by atoms with Crippen molar-refractivity contribution in [1.82, 2.24) is 5.32 Å². The van der Waals surface area contributed by atoms with Crippen molar-refractivity contribution in [3.63, 3.8) is 0 Å². The lowest BCUT2D eigenvalue weighted by Crippen LogP contribution is -2.45. The Labute approximate surface area is 450 Å². The SMILES string of the molecule is CCCCCCCC/C=C\CCCCCCCC(=O)OCCCCCCCCCC/C=C\CCCCCCCCCC(=O)NC(CO)C(O)CCCCCCCCCCCCCCCCCCCCCCC. The van der Waals surface area contributed by atoms with Gasteiger partial charge in [0.25, 0.3) is 0 Å². The number of allylic oxidation sites excluding steroid dienone is 4. The number of hydrogen-bond donors (Lipinski definition) is 3. The molecule has 0 saturated carbocycles. The Morgan fingerprint density at radius 3 is 0.986 bits per heavy atom. The summed E-state index contributed by atoms with van der Waals surface area (Å²) >= 11 is 0. The summed E-state index contributed by atoms with van der Waals surface area (Å²) in [5.74, 6) is -0.0444. The van der Waals surface area contributed by atoms with Crippen molar-refractivity contribution in [3.05, 3.63) is 24.3 Å². The van der Waals surface area contributed by atoms with Crippen LogP contribution in [0.3, 0.4) is 0 Å². The second kappa shape index (κ2) is 61.9. The molecule has 0 aromatic heterocycles. The van der Waals surface area contributed by atoms with E-state index in [4.69, 9.17) is 4.74 Å². The van der Waals surface area contributed by atoms with Gasteiger partial charge in [-0.2, -0.15) is 0 Å². The number of ether oxygens (including phenoxy) is 1. The van der Waals surface area contributed by atoms with Gasteiger partial charge in [-0.1, -0.05) is 295 Å². The van der Waals surface area contributed by atoms with E-state index in [1.54, 1.807) is 0 Å². The molecule has 0 rings (SSSR count). The lowest BCUT2D eigenvalue weighted by atomic mass is 10.0. The van der Waals surface area contributed by atoms with E-state index in [-0.39, 0.29) is 18.5 Å². The molecule has 0 fully saturated rings. The molecular formula is C66H127NO5. The van der Waals surface area contributed by atoms with Crippen molar-refractivity contribution in [2.45, 2.75) is 373 Å². The van der Waals surface area contributed by atoms with Crippen LogP contribution in [0.2, 0.25) is 0 Å². The third-order valence-electron chi connectivity index (χ3n) is 15.2. The summed E-state index contributed by atoms with van der Waals surface area (Å²) in [5.41, 5.74) is 0. The molecule has 72 heavy (non-hydrogen) atoms. The van der Waals surface area contributed by atoms with Crippen LogP contribution in [0.1, 0.15) is 361 Å². The number of rotatable bonds is 61. The Morgan fingerprint density at radius 1 is 0.375 bits per heavy atom. The van der Waals surface area contributed by atoms with Gasteiger partial charge in [0.05, 0.1) is 25.4 Å². The zero-order valence-electron chi connectivity index (χ0n) is 48.7. The second-order valence-electron chi connectivity index (χ2n) is 22.4. The molecule has 6 heteroatoms. The molecule has 0 radical (unpaired) electrons. The van der Waals surface area contributed by atoms with Gasteiger partial charge >= 0.3 is 5.97 Å². The van der Waals surface area contributed by atoms with Crippen LogP contribution in [0.15, 0.2) is 24.3 Å². The molecule has 0 bridgehead atoms. The number of amides is 1. The van der Waals surface area contributed by atoms with Crippen LogP contribution in [-0.2, 0) is 14.3 Å². The summed E-state index contributed by atoms with van der Waals surface area (Å²) in [7, 11) is 0. The minimum Gasteiger partial charge on any atom is -0.466 e. The average molecular weight is 1010 g/mol. The Hall–Kier alpha value is -1.66. The standard InChI is InChI=1S/C66H127NO5/c1-3-5-7-9-11-13-15-17-19-20-21-22-24-27-31-34-38-42-46-50-54-58-64(69)63(62-68)67-65(70)59-55-51-47-43-39-35-32-28-25-23-26-29-33-37-41-45-49-53-57-61-72-66(71)60-56-52-48-44-40-36-30-18-16-14-12-10-8-6-4-2/h18,23,25,30,63-64,68-69H,3-17,19-22,24,26-29,31-62H2,1-2H3,(H,67,70)/b25-23-,30-18-. The third kappa shape index (κ3) is 57.6. The molecule has 2 atom stereocenters. The molecule has 6 nitrogen and oxygen atoms in total. The quantitative estimate of drug-likeness (QED) is 0.0320. The van der Waals surface area contributed by atoms with Crippen LogP contribution < -0.4 is 5.32 Å². The van der Waals surface area contributed by atoms with Crippen molar-refractivity contribution in [2.24, 2.45) is 0 Å². The molecule has 3 N–H and O–H groups in total. The van der Waals surface area contributed by atoms with Crippen LogP contribution >= 0.6 is 0 Å². The van der Waals surface area contributed by atoms with Crippen molar-refractivity contribution in [1.29, 1.82) is 0 Å². The lowest BCUT2D eigenvalue weighted by molar-refractivity contribution is -0.143. The largest absolute Gasteiger partial charge is 0.466 e. The smallest absolute Gasteiger partial charge is 0.305 e. The molecule has 0 aliphatic rings. The van der Waals surface area contributed by atoms with Gasteiger partial charge in [0.1, 0.15) is 0 Å². The van der Waals surface area contributed by atoms with Gasteiger partial charge in [-0.05, 0) is 77.0 Å². The minimum atomic E-state index is -0.672. The van der Waals surface area contributed by atoms with Gasteiger partial charge in [0.15, 0.2) is 0 Å². The van der Waals surface area contributed by atoms with Crippen molar-refractivity contribution < 1.29 is 24.5 Å². The molecule has 0 saturated heterocycles. The average Bonchev–Trinajstić information content (AvgIpc) is 3.38. The summed E-state index contributed by atoms with van der Waals surface area (Å²) in [6.07, 6.45) is 76.2. The van der Waals surface area contributed by atoms with Crippen LogP contribution in [0.25, 0.3) is 0 Å². The topological polar surface area (TPSA) is 95.9 Å². The summed E-state index contributed by atoms with van der Waals surface area (Å²) in [5, 5.41) is 23.4. The van der Waals surface area contributed by atoms with Gasteiger partial charge in [-0.15, -0.1) is 0 Å². The predicted molar refractivity (Wildman–Crippen MR) is 315 cm³/mol. The molecule has 0 aliphatic heterocycles. The van der Waals surface area contributed by atoms with E-state index in [1.165, 1.54) is 283 Å². The number of nitrogens with one attached hydrogen (secondary N) is 1. The molecule has 0 spiro atoms. The van der Waals surface area contributed by atoms with Crippen LogP contribution in [-0.4, -0.2) is 47.4 Å². The van der Waals surface area contributed by atoms with Gasteiger partial charge < -0.3 is 20.3 Å². The maximum Gasteiger partial charge on any atom is 0.305 e. The zero-order valence-corrected chi connectivity index (χ0v) is 48.7. The summed E-state index contributed by atoms with van der Waals surface area (Å²) in [6.45, 7) is 4.96. The highest BCUT2D eigenvalue weighted by Gasteiger charge is 2.20. The molecule has 0 aromatic carbocycles. The Morgan fingerprint density at radius 2 is 0.653 bits per heavy atom. The summed E-state index contributed by atoms with van der Waals surface area (Å²) < 4.78 is 5.48. The van der Waals surface area contributed by atoms with E-state index in [2.05, 4.69) is 43.5 Å². The van der Waals surface area contributed by atoms with E-state index in [1.807, 2.05) is 0 Å². The summed E-state index contributed by atoms with van der Waals surface area (Å²) in [4.78, 5) is 24.6. The van der Waals surface area contributed by atoms with E-state index >= 15 is 0 Å². The van der Waals surface area contributed by atoms with Gasteiger partial charge in [0, 0.05) is 12.8 Å². The Kier molecular flexibility index (Phi) is 60.5. The van der Waals surface area contributed by atoms with E-state index in [0.717, 1.165) is 44.9 Å². The molecule has 1 amide bonds. The highest BCUT2D eigenvalue weighted by Crippen LogP contribution is 2.18. The van der Waals surface area contributed by atoms with E-state index < -0.39 is 12.1 Å². The Balaban J connectivity index is 3.44. The van der Waals surface area contributed by atoms with Gasteiger partial charge in [-0.25, -0.2) is 0 Å². The zero-order chi connectivity index (χ0) is 52.2. The molecule has 0 heterocycles. The number of aliphatic hydroxyl groups is 2. The fraction of sp³-hybridized carbons (Fsp3) is 0.909. The fourth-order valence-corrected chi connectivity index (χ4v) is 10.2. The maximum absolute atomic E-state index is 12.5. The number of unbranched alkanes of at least 4 members (excludes halogenated alkanes) is 46. The molecule has 0 aromatic rings. The molecule has 0 aliphatic carbocycles. The number of carbonyl (C=O) groups excluding carboxylic acids is 2. The maximum atomic E-state index is 12.5. The second-order valence-corrected chi connectivity index (χ2v) is 22.4. The highest BCUT2D eigenvalue weighted by atomic mass is 16.5. The van der Waals surface area contributed by atoms with Crippen molar-refractivity contribution in [3.8, 4) is 0 Å². The lowest BCUT2D eigenvalue weighted by Gasteiger charge is -2.22. The normalized spacial score (nSPS) is 12.7. The molecular weight excluding hydrogens is 887 g/mol. The van der Waals surface area contributed by atoms with E-state index in [9.17, 15) is 19.8 Å². The first-order valence-electron chi connectivity index (χ1n) is 32.6. The number of aliphatic hydroxyl groups excluding tert-OH is 2. The monoisotopic (exact) mass is 1010 g/mol. The first kappa shape index (κ1) is 70.3. The first-order chi connectivity index (χ1) is 35.5. The third-order valence-corrected chi connectivity index (χ3v) is 15.2. The first-order valence-corrected chi connectivity index (χ1v) is 32.6. The van der Waals surface area contributed by atoms with Gasteiger partial charge in [0.2, 0.25) is 5.91 Å². The predicted octanol–water partition coefficient (Wildman–Crippen LogP) is 20.6. The summed E-state index contributed by atoms with van der Waals surface area (Å²) in [6, 6.07) is -0.550. The van der Waals surface area contributed by atoms with Crippen molar-refractivity contribution in [2.75, 3.05) is 13.2 Å². The van der Waals surface area contributed by atoms with E-state index in [0.29, 0.717) is 25.9 Å². The number of carbonyl (C=O) groups is 2.